The number of thioether (sulfide) groups is 1. The highest BCUT2D eigenvalue weighted by Crippen LogP contribution is 2.23. The summed E-state index contributed by atoms with van der Waals surface area (Å²) in [6.07, 6.45) is 1.06. The predicted molar refractivity (Wildman–Crippen MR) is 142 cm³/mol. The maximum atomic E-state index is 13.3. The third kappa shape index (κ3) is 5.57. The first kappa shape index (κ1) is 23.2. The first-order chi connectivity index (χ1) is 17.2. The molecule has 1 N–H and O–H groups in total. The van der Waals surface area contributed by atoms with Crippen LogP contribution in [-0.4, -0.2) is 40.8 Å². The van der Waals surface area contributed by atoms with E-state index in [2.05, 4.69) is 34.5 Å². The molecule has 0 spiro atoms. The molecule has 35 heavy (non-hydrogen) atoms. The Hall–Kier alpha value is -3.58. The Morgan fingerprint density at radius 1 is 0.971 bits per heavy atom. The van der Waals surface area contributed by atoms with Gasteiger partial charge in [-0.1, -0.05) is 72.4 Å². The van der Waals surface area contributed by atoms with Gasteiger partial charge in [-0.2, -0.15) is 0 Å². The van der Waals surface area contributed by atoms with Gasteiger partial charge in [0, 0.05) is 25.3 Å². The van der Waals surface area contributed by atoms with Gasteiger partial charge in [-0.3, -0.25) is 14.2 Å². The molecule has 2 heterocycles. The first-order valence-electron chi connectivity index (χ1n) is 11.9. The van der Waals surface area contributed by atoms with Gasteiger partial charge in [0.2, 0.25) is 5.91 Å². The Morgan fingerprint density at radius 3 is 2.49 bits per heavy atom. The summed E-state index contributed by atoms with van der Waals surface area (Å²) in [4.78, 5) is 33.0. The average Bonchev–Trinajstić information content (AvgIpc) is 3.38. The number of nitrogens with zero attached hydrogens (tertiary/aromatic N) is 3. The van der Waals surface area contributed by atoms with Crippen LogP contribution in [-0.2, 0) is 11.3 Å². The van der Waals surface area contributed by atoms with Crippen LogP contribution in [0.2, 0.25) is 0 Å². The number of amides is 1. The van der Waals surface area contributed by atoms with E-state index in [9.17, 15) is 9.59 Å². The first-order valence-corrected chi connectivity index (χ1v) is 12.9. The van der Waals surface area contributed by atoms with Crippen molar-refractivity contribution in [2.45, 2.75) is 18.1 Å². The Bertz CT molecular complexity index is 1360. The van der Waals surface area contributed by atoms with Crippen molar-refractivity contribution in [3.8, 4) is 0 Å². The van der Waals surface area contributed by atoms with Crippen LogP contribution in [0.25, 0.3) is 10.9 Å². The van der Waals surface area contributed by atoms with Crippen LogP contribution in [0.15, 0.2) is 94.9 Å². The van der Waals surface area contributed by atoms with Crippen molar-refractivity contribution in [2.75, 3.05) is 30.3 Å². The fourth-order valence-corrected chi connectivity index (χ4v) is 5.30. The molecule has 1 aliphatic rings. The lowest BCUT2D eigenvalue weighted by atomic mass is 10.1. The molecule has 0 saturated carbocycles. The highest BCUT2D eigenvalue weighted by atomic mass is 32.2. The number of anilines is 1. The quantitative estimate of drug-likeness (QED) is 0.300. The average molecular weight is 485 g/mol. The van der Waals surface area contributed by atoms with Crippen LogP contribution in [0.5, 0.6) is 0 Å². The number of aromatic nitrogens is 2. The maximum absolute atomic E-state index is 13.3. The summed E-state index contributed by atoms with van der Waals surface area (Å²) >= 11 is 1.31. The molecule has 4 aromatic rings. The lowest BCUT2D eigenvalue weighted by Crippen LogP contribution is -2.32. The van der Waals surface area contributed by atoms with Crippen molar-refractivity contribution in [3.63, 3.8) is 0 Å². The van der Waals surface area contributed by atoms with E-state index in [-0.39, 0.29) is 17.2 Å². The number of benzene rings is 3. The number of para-hydroxylation sites is 2. The number of fused-ring (bicyclic) bond motifs is 1. The molecule has 0 aliphatic carbocycles. The molecule has 5 rings (SSSR count). The third-order valence-corrected chi connectivity index (χ3v) is 7.31. The lowest BCUT2D eigenvalue weighted by molar-refractivity contribution is -0.118. The molecule has 1 unspecified atom stereocenters. The van der Waals surface area contributed by atoms with Gasteiger partial charge in [-0.25, -0.2) is 4.98 Å². The summed E-state index contributed by atoms with van der Waals surface area (Å²) in [5.41, 5.74) is 2.81. The van der Waals surface area contributed by atoms with E-state index in [4.69, 9.17) is 4.98 Å². The molecule has 0 radical (unpaired) electrons. The predicted octanol–water partition coefficient (Wildman–Crippen LogP) is 4.18. The number of rotatable bonds is 8. The molecule has 6 nitrogen and oxygen atoms in total. The molecule has 1 saturated heterocycles. The molecule has 178 valence electrons. The second kappa shape index (κ2) is 10.8. The Labute approximate surface area is 209 Å². The SMILES string of the molecule is O=C(CSc1nc2ccccc2c(=O)n1Cc1ccccc1)NCC1CCN(c2ccccc2)C1. The van der Waals surface area contributed by atoms with Crippen LogP contribution >= 0.6 is 11.8 Å². The zero-order chi connectivity index (χ0) is 24.0. The normalized spacial score (nSPS) is 15.4. The zero-order valence-electron chi connectivity index (χ0n) is 19.5. The summed E-state index contributed by atoms with van der Waals surface area (Å²) in [5, 5.41) is 4.23. The molecule has 1 aliphatic heterocycles. The molecule has 1 fully saturated rings. The van der Waals surface area contributed by atoms with Crippen LogP contribution in [0.1, 0.15) is 12.0 Å². The smallest absolute Gasteiger partial charge is 0.262 e. The largest absolute Gasteiger partial charge is 0.371 e. The Kier molecular flexibility index (Phi) is 7.14. The van der Waals surface area contributed by atoms with Crippen LogP contribution < -0.4 is 15.8 Å². The minimum Gasteiger partial charge on any atom is -0.371 e. The molecule has 0 bridgehead atoms. The van der Waals surface area contributed by atoms with E-state index in [0.717, 1.165) is 25.1 Å². The van der Waals surface area contributed by atoms with E-state index >= 15 is 0 Å². The number of carbonyl (C=O) groups is 1. The maximum Gasteiger partial charge on any atom is 0.262 e. The third-order valence-electron chi connectivity index (χ3n) is 6.34. The molecule has 1 atom stereocenters. The summed E-state index contributed by atoms with van der Waals surface area (Å²) in [6, 6.07) is 27.6. The van der Waals surface area contributed by atoms with Crippen LogP contribution in [0, 0.1) is 5.92 Å². The highest BCUT2D eigenvalue weighted by molar-refractivity contribution is 7.99. The second-order valence-electron chi connectivity index (χ2n) is 8.82. The van der Waals surface area contributed by atoms with Crippen molar-refractivity contribution < 1.29 is 4.79 Å². The van der Waals surface area contributed by atoms with E-state index in [0.29, 0.717) is 35.1 Å². The van der Waals surface area contributed by atoms with Gasteiger partial charge < -0.3 is 10.2 Å². The minimum atomic E-state index is -0.0886. The van der Waals surface area contributed by atoms with Gasteiger partial charge in [-0.05, 0) is 42.2 Å². The molecular formula is C28H28N4O2S. The molecule has 1 aromatic heterocycles. The van der Waals surface area contributed by atoms with Gasteiger partial charge in [0.1, 0.15) is 0 Å². The van der Waals surface area contributed by atoms with Crippen molar-refractivity contribution in [1.82, 2.24) is 14.9 Å². The molecule has 7 heteroatoms. The summed E-state index contributed by atoms with van der Waals surface area (Å²) in [6.45, 7) is 3.02. The monoisotopic (exact) mass is 484 g/mol. The number of hydrogen-bond acceptors (Lipinski definition) is 5. The Balaban J connectivity index is 1.23. The van der Waals surface area contributed by atoms with Gasteiger partial charge in [0.15, 0.2) is 5.16 Å². The molecular weight excluding hydrogens is 456 g/mol. The molecule has 3 aromatic carbocycles. The number of nitrogens with one attached hydrogen (secondary N) is 1. The number of hydrogen-bond donors (Lipinski definition) is 1. The van der Waals surface area contributed by atoms with Gasteiger partial charge in [0.25, 0.3) is 5.56 Å². The summed E-state index contributed by atoms with van der Waals surface area (Å²) in [5.74, 6) is 0.607. The minimum absolute atomic E-state index is 0.0400. The standard InChI is InChI=1S/C28H28N4O2S/c33-26(29-17-22-15-16-31(18-22)23-11-5-2-6-12-23)20-35-28-30-25-14-8-7-13-24(25)27(34)32(28)19-21-9-3-1-4-10-21/h1-14,22H,15-20H2,(H,29,33). The number of carbonyl (C=O) groups excluding carboxylic acids is 1. The summed E-state index contributed by atoms with van der Waals surface area (Å²) in [7, 11) is 0. The van der Waals surface area contributed by atoms with Crippen LogP contribution in [0.4, 0.5) is 5.69 Å². The lowest BCUT2D eigenvalue weighted by Gasteiger charge is -2.18. The van der Waals surface area contributed by atoms with E-state index < -0.39 is 0 Å². The van der Waals surface area contributed by atoms with Crippen molar-refractivity contribution in [3.05, 3.63) is 101 Å². The fraction of sp³-hybridized carbons (Fsp3) is 0.250. The summed E-state index contributed by atoms with van der Waals surface area (Å²) < 4.78 is 1.67. The van der Waals surface area contributed by atoms with Gasteiger partial charge in [0.05, 0.1) is 23.2 Å². The fourth-order valence-electron chi connectivity index (χ4n) is 4.48. The van der Waals surface area contributed by atoms with E-state index in [1.807, 2.05) is 54.6 Å². The second-order valence-corrected chi connectivity index (χ2v) is 9.76. The zero-order valence-corrected chi connectivity index (χ0v) is 20.3. The topological polar surface area (TPSA) is 67.2 Å². The van der Waals surface area contributed by atoms with Crippen LogP contribution in [0.3, 0.4) is 0 Å². The Morgan fingerprint density at radius 2 is 1.69 bits per heavy atom. The highest BCUT2D eigenvalue weighted by Gasteiger charge is 2.23. The van der Waals surface area contributed by atoms with Crippen molar-refractivity contribution >= 4 is 34.3 Å². The van der Waals surface area contributed by atoms with E-state index in [1.54, 1.807) is 10.6 Å². The van der Waals surface area contributed by atoms with Crippen molar-refractivity contribution in [1.29, 1.82) is 0 Å². The van der Waals surface area contributed by atoms with Gasteiger partial charge >= 0.3 is 0 Å². The van der Waals surface area contributed by atoms with Crippen molar-refractivity contribution in [2.24, 2.45) is 5.92 Å². The van der Waals surface area contributed by atoms with Gasteiger partial charge in [-0.15, -0.1) is 0 Å². The molecule has 1 amide bonds. The van der Waals surface area contributed by atoms with E-state index in [1.165, 1.54) is 17.4 Å².